The van der Waals surface area contributed by atoms with Crippen LogP contribution in [0.3, 0.4) is 0 Å². The van der Waals surface area contributed by atoms with E-state index in [9.17, 15) is 17.6 Å². The number of piperazine rings is 1. The summed E-state index contributed by atoms with van der Waals surface area (Å²) in [6, 6.07) is 14.5. The lowest BCUT2D eigenvalue weighted by molar-refractivity contribution is 0.152. The van der Waals surface area contributed by atoms with Gasteiger partial charge in [0.05, 0.1) is 23.7 Å². The Morgan fingerprint density at radius 1 is 1.00 bits per heavy atom. The Kier molecular flexibility index (Phi) is 7.80. The predicted molar refractivity (Wildman–Crippen MR) is 145 cm³/mol. The third kappa shape index (κ3) is 5.76. The van der Waals surface area contributed by atoms with E-state index in [4.69, 9.17) is 4.74 Å². The Labute approximate surface area is 222 Å². The first-order valence-electron chi connectivity index (χ1n) is 13.1. The summed E-state index contributed by atoms with van der Waals surface area (Å²) in [7, 11) is -3.50. The SMILES string of the molecule is C[C@@H]1CN(S(=O)(=O)Cc2ccccc2)CCN1c1cnn(-c2ccc(F)cc2)c(=O)c1OC1CCCCC1. The van der Waals surface area contributed by atoms with Crippen LogP contribution in [0.2, 0.25) is 0 Å². The molecule has 5 rings (SSSR count). The zero-order valence-electron chi connectivity index (χ0n) is 21.5. The van der Waals surface area contributed by atoms with Gasteiger partial charge in [0.1, 0.15) is 11.5 Å². The third-order valence-corrected chi connectivity index (χ3v) is 9.12. The van der Waals surface area contributed by atoms with Crippen molar-refractivity contribution in [1.29, 1.82) is 0 Å². The molecule has 0 unspecified atom stereocenters. The van der Waals surface area contributed by atoms with Gasteiger partial charge in [0.25, 0.3) is 0 Å². The number of hydrogen-bond donors (Lipinski definition) is 0. The number of ether oxygens (including phenoxy) is 1. The minimum atomic E-state index is -3.50. The van der Waals surface area contributed by atoms with Gasteiger partial charge in [0, 0.05) is 25.7 Å². The zero-order valence-corrected chi connectivity index (χ0v) is 22.3. The van der Waals surface area contributed by atoms with Crippen LogP contribution in [0.5, 0.6) is 5.75 Å². The third-order valence-electron chi connectivity index (χ3n) is 7.31. The molecule has 8 nitrogen and oxygen atoms in total. The molecule has 2 aromatic carbocycles. The summed E-state index contributed by atoms with van der Waals surface area (Å²) in [4.78, 5) is 15.7. The van der Waals surface area contributed by atoms with Crippen molar-refractivity contribution in [3.05, 3.63) is 82.5 Å². The predicted octanol–water partition coefficient (Wildman–Crippen LogP) is 4.12. The Hall–Kier alpha value is -3.24. The highest BCUT2D eigenvalue weighted by Crippen LogP contribution is 2.32. The fraction of sp³-hybridized carbons (Fsp3) is 0.429. The average molecular weight is 541 g/mol. The highest BCUT2D eigenvalue weighted by Gasteiger charge is 2.34. The van der Waals surface area contributed by atoms with Gasteiger partial charge in [-0.2, -0.15) is 14.1 Å². The molecular weight excluding hydrogens is 507 g/mol. The molecule has 1 aliphatic heterocycles. The van der Waals surface area contributed by atoms with Gasteiger partial charge in [-0.1, -0.05) is 36.8 Å². The lowest BCUT2D eigenvalue weighted by Crippen LogP contribution is -2.54. The highest BCUT2D eigenvalue weighted by molar-refractivity contribution is 7.88. The lowest BCUT2D eigenvalue weighted by atomic mass is 9.98. The topological polar surface area (TPSA) is 84.7 Å². The Balaban J connectivity index is 1.42. The molecule has 10 heteroatoms. The normalized spacial score (nSPS) is 19.4. The van der Waals surface area contributed by atoms with Crippen LogP contribution in [-0.2, 0) is 15.8 Å². The molecule has 0 N–H and O–H groups in total. The van der Waals surface area contributed by atoms with Crippen molar-refractivity contribution >= 4 is 15.7 Å². The van der Waals surface area contributed by atoms with Crippen LogP contribution >= 0.6 is 0 Å². The number of sulfonamides is 1. The van der Waals surface area contributed by atoms with Crippen LogP contribution < -0.4 is 15.2 Å². The lowest BCUT2D eigenvalue weighted by Gasteiger charge is -2.41. The molecule has 1 aromatic heterocycles. The summed E-state index contributed by atoms with van der Waals surface area (Å²) in [6.45, 7) is 2.93. The molecular formula is C28H33FN4O4S. The molecule has 3 aromatic rings. The molecule has 1 aliphatic carbocycles. The number of aromatic nitrogens is 2. The summed E-state index contributed by atoms with van der Waals surface area (Å²) in [5, 5.41) is 4.39. The standard InChI is InChI=1S/C28H33FN4O4S/c1-21-19-31(38(35,36)20-22-8-4-2-5-9-22)16-17-32(21)26-18-30-33(24-14-12-23(29)13-15-24)28(34)27(26)37-25-10-6-3-7-11-25/h2,4-5,8-9,12-15,18,21,25H,3,6-7,10-11,16-17,19-20H2,1H3/t21-/m1/s1. The molecule has 202 valence electrons. The monoisotopic (exact) mass is 540 g/mol. The first-order valence-corrected chi connectivity index (χ1v) is 14.8. The van der Waals surface area contributed by atoms with E-state index in [1.54, 1.807) is 6.20 Å². The second kappa shape index (κ2) is 11.2. The maximum Gasteiger partial charge on any atom is 0.316 e. The second-order valence-corrected chi connectivity index (χ2v) is 12.0. The Bertz CT molecular complexity index is 1410. The second-order valence-electron chi connectivity index (χ2n) is 10.1. The van der Waals surface area contributed by atoms with E-state index in [0.29, 0.717) is 31.0 Å². The maximum absolute atomic E-state index is 13.7. The van der Waals surface area contributed by atoms with Gasteiger partial charge in [-0.15, -0.1) is 0 Å². The van der Waals surface area contributed by atoms with Crippen molar-refractivity contribution in [2.24, 2.45) is 0 Å². The van der Waals surface area contributed by atoms with Crippen LogP contribution in [0, 0.1) is 5.82 Å². The van der Waals surface area contributed by atoms with Crippen molar-refractivity contribution in [3.63, 3.8) is 0 Å². The molecule has 38 heavy (non-hydrogen) atoms. The van der Waals surface area contributed by atoms with E-state index in [1.165, 1.54) is 33.3 Å². The van der Waals surface area contributed by atoms with E-state index in [0.717, 1.165) is 37.7 Å². The molecule has 2 fully saturated rings. The molecule has 2 aliphatic rings. The van der Waals surface area contributed by atoms with Crippen LogP contribution in [0.4, 0.5) is 10.1 Å². The van der Waals surface area contributed by atoms with Gasteiger partial charge in [-0.05, 0) is 62.4 Å². The van der Waals surface area contributed by atoms with Crippen molar-refractivity contribution < 1.29 is 17.5 Å². The van der Waals surface area contributed by atoms with Crippen molar-refractivity contribution in [2.75, 3.05) is 24.5 Å². The Morgan fingerprint density at radius 2 is 1.71 bits per heavy atom. The first kappa shape index (κ1) is 26.4. The summed E-state index contributed by atoms with van der Waals surface area (Å²) in [5.41, 5.74) is 1.35. The zero-order chi connectivity index (χ0) is 26.7. The molecule has 1 atom stereocenters. The molecule has 1 saturated carbocycles. The number of benzene rings is 2. The molecule has 0 amide bonds. The van der Waals surface area contributed by atoms with Crippen LogP contribution in [0.15, 0.2) is 65.6 Å². The minimum Gasteiger partial charge on any atom is -0.483 e. The number of nitrogens with zero attached hydrogens (tertiary/aromatic N) is 4. The number of hydrogen-bond acceptors (Lipinski definition) is 6. The number of halogens is 1. The summed E-state index contributed by atoms with van der Waals surface area (Å²) < 4.78 is 48.9. The quantitative estimate of drug-likeness (QED) is 0.448. The smallest absolute Gasteiger partial charge is 0.316 e. The largest absolute Gasteiger partial charge is 0.483 e. The molecule has 2 heterocycles. The Morgan fingerprint density at radius 3 is 2.39 bits per heavy atom. The van der Waals surface area contributed by atoms with Gasteiger partial charge < -0.3 is 9.64 Å². The van der Waals surface area contributed by atoms with Gasteiger partial charge in [-0.25, -0.2) is 12.8 Å². The van der Waals surface area contributed by atoms with Crippen LogP contribution in [0.1, 0.15) is 44.6 Å². The van der Waals surface area contributed by atoms with E-state index < -0.39 is 21.4 Å². The van der Waals surface area contributed by atoms with E-state index in [-0.39, 0.29) is 23.6 Å². The summed E-state index contributed by atoms with van der Waals surface area (Å²) in [6.07, 6.45) is 6.53. The van der Waals surface area contributed by atoms with Gasteiger partial charge in [0.15, 0.2) is 0 Å². The van der Waals surface area contributed by atoms with Gasteiger partial charge in [0.2, 0.25) is 15.8 Å². The minimum absolute atomic E-state index is 0.0497. The van der Waals surface area contributed by atoms with Crippen molar-refractivity contribution in [1.82, 2.24) is 14.1 Å². The fourth-order valence-electron chi connectivity index (χ4n) is 5.27. The fourth-order valence-corrected chi connectivity index (χ4v) is 6.87. The average Bonchev–Trinajstić information content (AvgIpc) is 2.91. The van der Waals surface area contributed by atoms with Gasteiger partial charge in [-0.3, -0.25) is 4.79 Å². The maximum atomic E-state index is 13.7. The summed E-state index contributed by atoms with van der Waals surface area (Å²) >= 11 is 0. The van der Waals surface area contributed by atoms with E-state index in [2.05, 4.69) is 5.10 Å². The number of anilines is 1. The first-order chi connectivity index (χ1) is 18.3. The van der Waals surface area contributed by atoms with Crippen molar-refractivity contribution in [3.8, 4) is 11.4 Å². The van der Waals surface area contributed by atoms with Crippen LogP contribution in [0.25, 0.3) is 5.69 Å². The van der Waals surface area contributed by atoms with E-state index >= 15 is 0 Å². The summed E-state index contributed by atoms with van der Waals surface area (Å²) in [5.74, 6) is -0.235. The highest BCUT2D eigenvalue weighted by atomic mass is 32.2. The van der Waals surface area contributed by atoms with E-state index in [1.807, 2.05) is 42.2 Å². The van der Waals surface area contributed by atoms with Crippen LogP contribution in [-0.4, -0.2) is 54.3 Å². The van der Waals surface area contributed by atoms with Gasteiger partial charge >= 0.3 is 5.56 Å². The number of rotatable bonds is 7. The molecule has 0 bridgehead atoms. The van der Waals surface area contributed by atoms with Crippen molar-refractivity contribution in [2.45, 2.75) is 56.9 Å². The molecule has 0 radical (unpaired) electrons. The molecule has 0 spiro atoms. The molecule has 1 saturated heterocycles.